The molecule has 0 saturated carbocycles. The Morgan fingerprint density at radius 3 is 2.68 bits per heavy atom. The fourth-order valence-electron chi connectivity index (χ4n) is 2.85. The number of anilines is 1. The number of aromatic nitrogens is 1. The highest BCUT2D eigenvalue weighted by Crippen LogP contribution is 2.37. The van der Waals surface area contributed by atoms with E-state index in [0.717, 1.165) is 11.1 Å². The third-order valence-electron chi connectivity index (χ3n) is 3.97. The number of fused-ring (bicyclic) bond motifs is 1. The molecule has 0 aliphatic rings. The number of furan rings is 1. The molecule has 3 aromatic heterocycles. The molecule has 0 unspecified atom stereocenters. The first-order valence-corrected chi connectivity index (χ1v) is 7.98. The van der Waals surface area contributed by atoms with Crippen LogP contribution < -0.4 is 10.9 Å². The highest BCUT2D eigenvalue weighted by molar-refractivity contribution is 5.99. The molecule has 3 heterocycles. The number of benzene rings is 1. The fraction of sp³-hybridized carbons (Fsp3) is 0.100. The van der Waals surface area contributed by atoms with E-state index in [-0.39, 0.29) is 0 Å². The van der Waals surface area contributed by atoms with E-state index in [4.69, 9.17) is 8.83 Å². The molecule has 0 saturated heterocycles. The second-order valence-corrected chi connectivity index (χ2v) is 5.77. The van der Waals surface area contributed by atoms with Gasteiger partial charge in [-0.25, -0.2) is 4.79 Å². The van der Waals surface area contributed by atoms with Gasteiger partial charge in [-0.1, -0.05) is 36.4 Å². The number of rotatable bonds is 4. The van der Waals surface area contributed by atoms with Crippen LogP contribution in [0.2, 0.25) is 0 Å². The molecule has 5 nitrogen and oxygen atoms in total. The van der Waals surface area contributed by atoms with Gasteiger partial charge < -0.3 is 14.2 Å². The van der Waals surface area contributed by atoms with Crippen LogP contribution in [0.3, 0.4) is 0 Å². The Morgan fingerprint density at radius 2 is 1.92 bits per heavy atom. The van der Waals surface area contributed by atoms with E-state index in [0.29, 0.717) is 34.7 Å². The predicted molar refractivity (Wildman–Crippen MR) is 96.5 cm³/mol. The summed E-state index contributed by atoms with van der Waals surface area (Å²) in [5, 5.41) is 3.71. The minimum absolute atomic E-state index is 0.412. The largest absolute Gasteiger partial charge is 0.440 e. The summed E-state index contributed by atoms with van der Waals surface area (Å²) in [7, 11) is 0. The SMILES string of the molecule is Cc1cc2oc(NCc3ccccc3)c(-c3cccnc3)c2c(=O)o1. The van der Waals surface area contributed by atoms with E-state index in [9.17, 15) is 4.79 Å². The number of aryl methyl sites for hydroxylation is 1. The summed E-state index contributed by atoms with van der Waals surface area (Å²) in [5.41, 5.74) is 2.68. The number of hydrogen-bond acceptors (Lipinski definition) is 5. The molecule has 0 radical (unpaired) electrons. The third kappa shape index (κ3) is 2.92. The van der Waals surface area contributed by atoms with Crippen molar-refractivity contribution in [2.24, 2.45) is 0 Å². The summed E-state index contributed by atoms with van der Waals surface area (Å²) in [4.78, 5) is 16.6. The predicted octanol–water partition coefficient (Wildman–Crippen LogP) is 4.37. The second-order valence-electron chi connectivity index (χ2n) is 5.77. The molecule has 0 aliphatic carbocycles. The maximum absolute atomic E-state index is 12.4. The summed E-state index contributed by atoms with van der Waals surface area (Å²) in [6.45, 7) is 2.31. The van der Waals surface area contributed by atoms with Crippen molar-refractivity contribution in [1.29, 1.82) is 0 Å². The highest BCUT2D eigenvalue weighted by Gasteiger charge is 2.20. The van der Waals surface area contributed by atoms with E-state index < -0.39 is 5.63 Å². The van der Waals surface area contributed by atoms with Crippen molar-refractivity contribution in [3.63, 3.8) is 0 Å². The van der Waals surface area contributed by atoms with Crippen molar-refractivity contribution in [2.75, 3.05) is 5.32 Å². The van der Waals surface area contributed by atoms with Gasteiger partial charge in [0.05, 0.1) is 5.56 Å². The van der Waals surface area contributed by atoms with Crippen LogP contribution in [0.4, 0.5) is 5.88 Å². The van der Waals surface area contributed by atoms with Gasteiger partial charge in [0, 0.05) is 30.6 Å². The van der Waals surface area contributed by atoms with Crippen molar-refractivity contribution >= 4 is 16.9 Å². The smallest absolute Gasteiger partial charge is 0.347 e. The molecule has 0 bridgehead atoms. The van der Waals surface area contributed by atoms with E-state index in [1.807, 2.05) is 42.5 Å². The molecule has 25 heavy (non-hydrogen) atoms. The molecule has 0 amide bonds. The number of pyridine rings is 1. The average Bonchev–Trinajstić information content (AvgIpc) is 3.00. The van der Waals surface area contributed by atoms with Crippen LogP contribution in [0.1, 0.15) is 11.3 Å². The first kappa shape index (κ1) is 15.2. The van der Waals surface area contributed by atoms with E-state index in [2.05, 4.69) is 10.3 Å². The minimum atomic E-state index is -0.412. The van der Waals surface area contributed by atoms with Crippen LogP contribution in [0, 0.1) is 6.92 Å². The van der Waals surface area contributed by atoms with Crippen molar-refractivity contribution in [2.45, 2.75) is 13.5 Å². The molecule has 0 atom stereocenters. The zero-order valence-electron chi connectivity index (χ0n) is 13.7. The molecular formula is C20H16N2O3. The summed E-state index contributed by atoms with van der Waals surface area (Å²) in [6.07, 6.45) is 3.40. The topological polar surface area (TPSA) is 68.3 Å². The van der Waals surface area contributed by atoms with Gasteiger partial charge in [0.25, 0.3) is 0 Å². The van der Waals surface area contributed by atoms with Gasteiger partial charge in [0.2, 0.25) is 5.88 Å². The highest BCUT2D eigenvalue weighted by atomic mass is 16.4. The van der Waals surface area contributed by atoms with Crippen molar-refractivity contribution in [3.8, 4) is 11.1 Å². The van der Waals surface area contributed by atoms with Crippen molar-refractivity contribution in [1.82, 2.24) is 4.98 Å². The Morgan fingerprint density at radius 1 is 1.08 bits per heavy atom. The summed E-state index contributed by atoms with van der Waals surface area (Å²) in [6, 6.07) is 15.4. The second kappa shape index (κ2) is 6.28. The fourth-order valence-corrected chi connectivity index (χ4v) is 2.85. The lowest BCUT2D eigenvalue weighted by Crippen LogP contribution is -2.02. The Bertz CT molecular complexity index is 1070. The van der Waals surface area contributed by atoms with Gasteiger partial charge in [-0.05, 0) is 18.6 Å². The summed E-state index contributed by atoms with van der Waals surface area (Å²) < 4.78 is 11.2. The Hall–Kier alpha value is -3.34. The lowest BCUT2D eigenvalue weighted by Gasteiger charge is -2.06. The molecule has 124 valence electrons. The van der Waals surface area contributed by atoms with Crippen molar-refractivity contribution < 1.29 is 8.83 Å². The van der Waals surface area contributed by atoms with Crippen LogP contribution in [0.15, 0.2) is 74.6 Å². The third-order valence-corrected chi connectivity index (χ3v) is 3.97. The van der Waals surface area contributed by atoms with Gasteiger partial charge in [-0.2, -0.15) is 0 Å². The van der Waals surface area contributed by atoms with E-state index in [1.54, 1.807) is 25.4 Å². The van der Waals surface area contributed by atoms with Gasteiger partial charge in [0.15, 0.2) is 0 Å². The summed E-state index contributed by atoms with van der Waals surface area (Å²) in [5.74, 6) is 1.04. The lowest BCUT2D eigenvalue weighted by atomic mass is 10.1. The average molecular weight is 332 g/mol. The Kier molecular flexibility index (Phi) is 3.82. The molecule has 0 aliphatic heterocycles. The Balaban J connectivity index is 1.85. The van der Waals surface area contributed by atoms with E-state index >= 15 is 0 Å². The van der Waals surface area contributed by atoms with Crippen LogP contribution in [-0.4, -0.2) is 4.98 Å². The zero-order valence-corrected chi connectivity index (χ0v) is 13.7. The standard InChI is InChI=1S/C20H16N2O3/c1-13-10-16-18(20(23)24-13)17(15-8-5-9-21-12-15)19(25-16)22-11-14-6-3-2-4-7-14/h2-10,12,22H,11H2,1H3. The normalized spacial score (nSPS) is 10.9. The number of nitrogens with one attached hydrogen (secondary N) is 1. The zero-order chi connectivity index (χ0) is 17.2. The molecule has 1 aromatic carbocycles. The molecule has 4 aromatic rings. The Labute approximate surface area is 143 Å². The molecule has 0 spiro atoms. The quantitative estimate of drug-likeness (QED) is 0.601. The number of hydrogen-bond donors (Lipinski definition) is 1. The molecular weight excluding hydrogens is 316 g/mol. The maximum Gasteiger partial charge on any atom is 0.347 e. The van der Waals surface area contributed by atoms with Gasteiger partial charge in [0.1, 0.15) is 16.7 Å². The van der Waals surface area contributed by atoms with Crippen molar-refractivity contribution in [3.05, 3.63) is 82.7 Å². The monoisotopic (exact) mass is 332 g/mol. The molecule has 5 heteroatoms. The first-order chi connectivity index (χ1) is 12.2. The van der Waals surface area contributed by atoms with Gasteiger partial charge in [-0.3, -0.25) is 4.98 Å². The maximum atomic E-state index is 12.4. The van der Waals surface area contributed by atoms with Crippen LogP contribution in [0.25, 0.3) is 22.1 Å². The molecule has 0 fully saturated rings. The van der Waals surface area contributed by atoms with Crippen LogP contribution >= 0.6 is 0 Å². The summed E-state index contributed by atoms with van der Waals surface area (Å²) >= 11 is 0. The molecule has 4 rings (SSSR count). The number of nitrogens with zero attached hydrogens (tertiary/aromatic N) is 1. The lowest BCUT2D eigenvalue weighted by molar-refractivity contribution is 0.485. The minimum Gasteiger partial charge on any atom is -0.440 e. The van der Waals surface area contributed by atoms with Gasteiger partial charge >= 0.3 is 5.63 Å². The molecule has 1 N–H and O–H groups in total. The van der Waals surface area contributed by atoms with Crippen LogP contribution in [0.5, 0.6) is 0 Å². The first-order valence-electron chi connectivity index (χ1n) is 7.98. The van der Waals surface area contributed by atoms with Gasteiger partial charge in [-0.15, -0.1) is 0 Å². The van der Waals surface area contributed by atoms with Crippen LogP contribution in [-0.2, 0) is 6.54 Å². The van der Waals surface area contributed by atoms with E-state index in [1.165, 1.54) is 0 Å².